The highest BCUT2D eigenvalue weighted by Crippen LogP contribution is 2.18. The van der Waals surface area contributed by atoms with E-state index in [1.807, 2.05) is 6.07 Å². The van der Waals surface area contributed by atoms with Crippen LogP contribution in [-0.2, 0) is 13.0 Å². The van der Waals surface area contributed by atoms with E-state index in [0.29, 0.717) is 12.6 Å². The summed E-state index contributed by atoms with van der Waals surface area (Å²) in [6, 6.07) is 15.2. The fraction of sp³-hybridized carbons (Fsp3) is 0.333. The fourth-order valence-corrected chi connectivity index (χ4v) is 2.31. The van der Waals surface area contributed by atoms with Crippen molar-refractivity contribution in [2.75, 3.05) is 0 Å². The molecule has 0 amide bonds. The zero-order valence-electron chi connectivity index (χ0n) is 12.4. The molecule has 0 aliphatic rings. The van der Waals surface area contributed by atoms with Crippen LogP contribution < -0.4 is 5.32 Å². The summed E-state index contributed by atoms with van der Waals surface area (Å²) < 4.78 is 25.0. The molecule has 0 saturated carbocycles. The molecule has 0 bridgehead atoms. The summed E-state index contributed by atoms with van der Waals surface area (Å²) in [5.74, 6) is 0. The van der Waals surface area contributed by atoms with Gasteiger partial charge < -0.3 is 5.32 Å². The molecule has 2 aromatic rings. The molecule has 0 aliphatic heterocycles. The van der Waals surface area contributed by atoms with Crippen LogP contribution in [0.3, 0.4) is 0 Å². The van der Waals surface area contributed by atoms with Gasteiger partial charge in [0.05, 0.1) is 0 Å². The summed E-state index contributed by atoms with van der Waals surface area (Å²) >= 11 is 0. The monoisotopic (exact) mass is 289 g/mol. The van der Waals surface area contributed by atoms with E-state index in [9.17, 15) is 8.78 Å². The van der Waals surface area contributed by atoms with Gasteiger partial charge in [-0.05, 0) is 37.0 Å². The summed E-state index contributed by atoms with van der Waals surface area (Å²) in [6.45, 7) is 4.95. The molecule has 2 aromatic carbocycles. The maximum absolute atomic E-state index is 12.5. The van der Waals surface area contributed by atoms with Gasteiger partial charge >= 0.3 is 0 Å². The van der Waals surface area contributed by atoms with Crippen molar-refractivity contribution in [2.45, 2.75) is 39.3 Å². The van der Waals surface area contributed by atoms with Crippen molar-refractivity contribution in [3.8, 4) is 0 Å². The largest absolute Gasteiger partial charge is 0.310 e. The molecule has 0 heterocycles. The van der Waals surface area contributed by atoms with Crippen LogP contribution in [0.4, 0.5) is 8.78 Å². The Hall–Kier alpha value is -1.74. The first-order chi connectivity index (χ1) is 10.1. The van der Waals surface area contributed by atoms with Gasteiger partial charge in [-0.15, -0.1) is 0 Å². The first-order valence-corrected chi connectivity index (χ1v) is 7.21. The van der Waals surface area contributed by atoms with Gasteiger partial charge in [0.25, 0.3) is 6.43 Å². The molecule has 112 valence electrons. The molecular formula is C18H21F2N. The topological polar surface area (TPSA) is 12.0 Å². The van der Waals surface area contributed by atoms with Crippen molar-refractivity contribution in [1.82, 2.24) is 5.32 Å². The van der Waals surface area contributed by atoms with Crippen LogP contribution in [0.15, 0.2) is 48.5 Å². The Morgan fingerprint density at radius 2 is 1.67 bits per heavy atom. The average Bonchev–Trinajstić information content (AvgIpc) is 2.48. The van der Waals surface area contributed by atoms with E-state index in [0.717, 1.165) is 12.0 Å². The Labute approximate surface area is 125 Å². The van der Waals surface area contributed by atoms with Crippen LogP contribution in [0.25, 0.3) is 0 Å². The molecule has 0 radical (unpaired) electrons. The molecule has 0 fully saturated rings. The molecule has 1 N–H and O–H groups in total. The van der Waals surface area contributed by atoms with Gasteiger partial charge in [-0.3, -0.25) is 0 Å². The highest BCUT2D eigenvalue weighted by Gasteiger charge is 2.07. The Morgan fingerprint density at radius 3 is 2.29 bits per heavy atom. The number of rotatable bonds is 6. The van der Waals surface area contributed by atoms with Crippen LogP contribution in [0.1, 0.15) is 35.6 Å². The second kappa shape index (κ2) is 7.32. The Morgan fingerprint density at radius 1 is 1.00 bits per heavy atom. The standard InChI is InChI=1S/C18H21F2N/c1-13-5-3-4-6-17(13)11-14(2)21-12-15-7-9-16(10-8-15)18(19)20/h3-10,14,18,21H,11-12H2,1-2H3. The van der Waals surface area contributed by atoms with Gasteiger partial charge in [-0.1, -0.05) is 48.5 Å². The fourth-order valence-electron chi connectivity index (χ4n) is 2.31. The van der Waals surface area contributed by atoms with Gasteiger partial charge in [-0.2, -0.15) is 0 Å². The first-order valence-electron chi connectivity index (χ1n) is 7.21. The minimum Gasteiger partial charge on any atom is -0.310 e. The Kier molecular flexibility index (Phi) is 5.45. The van der Waals surface area contributed by atoms with Crippen LogP contribution in [0.5, 0.6) is 0 Å². The molecule has 0 saturated heterocycles. The van der Waals surface area contributed by atoms with Gasteiger partial charge in [0.15, 0.2) is 0 Å². The number of nitrogens with one attached hydrogen (secondary N) is 1. The predicted octanol–water partition coefficient (Wildman–Crippen LogP) is 4.65. The molecule has 21 heavy (non-hydrogen) atoms. The summed E-state index contributed by atoms with van der Waals surface area (Å²) in [6.07, 6.45) is -1.44. The van der Waals surface area contributed by atoms with Crippen molar-refractivity contribution in [1.29, 1.82) is 0 Å². The second-order valence-corrected chi connectivity index (χ2v) is 5.45. The number of alkyl halides is 2. The van der Waals surface area contributed by atoms with Crippen LogP contribution in [0, 0.1) is 6.92 Å². The number of halogens is 2. The third-order valence-corrected chi connectivity index (χ3v) is 3.67. The lowest BCUT2D eigenvalue weighted by molar-refractivity contribution is 0.151. The lowest BCUT2D eigenvalue weighted by Crippen LogP contribution is -2.27. The van der Waals surface area contributed by atoms with Crippen molar-refractivity contribution in [2.24, 2.45) is 0 Å². The van der Waals surface area contributed by atoms with Crippen molar-refractivity contribution in [3.63, 3.8) is 0 Å². The van der Waals surface area contributed by atoms with Crippen molar-refractivity contribution >= 4 is 0 Å². The van der Waals surface area contributed by atoms with Gasteiger partial charge in [-0.25, -0.2) is 8.78 Å². The summed E-state index contributed by atoms with van der Waals surface area (Å²) in [7, 11) is 0. The highest BCUT2D eigenvalue weighted by atomic mass is 19.3. The maximum Gasteiger partial charge on any atom is 0.263 e. The molecule has 0 spiro atoms. The van der Waals surface area contributed by atoms with Crippen molar-refractivity contribution < 1.29 is 8.78 Å². The van der Waals surface area contributed by atoms with Crippen LogP contribution in [0.2, 0.25) is 0 Å². The number of benzene rings is 2. The van der Waals surface area contributed by atoms with E-state index in [-0.39, 0.29) is 5.56 Å². The molecule has 2 rings (SSSR count). The van der Waals surface area contributed by atoms with Gasteiger partial charge in [0, 0.05) is 18.2 Å². The molecule has 3 heteroatoms. The number of hydrogen-bond acceptors (Lipinski definition) is 1. The molecule has 0 aliphatic carbocycles. The van der Waals surface area contributed by atoms with E-state index in [4.69, 9.17) is 0 Å². The molecule has 1 unspecified atom stereocenters. The van der Waals surface area contributed by atoms with Gasteiger partial charge in [0.2, 0.25) is 0 Å². The van der Waals surface area contributed by atoms with Crippen LogP contribution in [-0.4, -0.2) is 6.04 Å². The minimum absolute atomic E-state index is 0.0757. The Bertz CT molecular complexity index is 564. The van der Waals surface area contributed by atoms with Crippen LogP contribution >= 0.6 is 0 Å². The Balaban J connectivity index is 1.86. The quantitative estimate of drug-likeness (QED) is 0.816. The predicted molar refractivity (Wildman–Crippen MR) is 82.6 cm³/mol. The van der Waals surface area contributed by atoms with E-state index in [2.05, 4.69) is 37.4 Å². The summed E-state index contributed by atoms with van der Waals surface area (Å²) in [4.78, 5) is 0. The van der Waals surface area contributed by atoms with E-state index >= 15 is 0 Å². The number of hydrogen-bond donors (Lipinski definition) is 1. The minimum atomic E-state index is -2.40. The lowest BCUT2D eigenvalue weighted by Gasteiger charge is -2.15. The van der Waals surface area contributed by atoms with Crippen molar-refractivity contribution in [3.05, 3.63) is 70.8 Å². The normalized spacial score (nSPS) is 12.6. The maximum atomic E-state index is 12.5. The zero-order chi connectivity index (χ0) is 15.2. The average molecular weight is 289 g/mol. The first kappa shape index (κ1) is 15.6. The molecule has 1 atom stereocenters. The second-order valence-electron chi connectivity index (χ2n) is 5.45. The molecular weight excluding hydrogens is 268 g/mol. The third-order valence-electron chi connectivity index (χ3n) is 3.67. The zero-order valence-corrected chi connectivity index (χ0v) is 12.4. The molecule has 1 nitrogen and oxygen atoms in total. The van der Waals surface area contributed by atoms with E-state index in [1.54, 1.807) is 12.1 Å². The van der Waals surface area contributed by atoms with E-state index < -0.39 is 6.43 Å². The summed E-state index contributed by atoms with van der Waals surface area (Å²) in [5, 5.41) is 3.44. The smallest absolute Gasteiger partial charge is 0.263 e. The third kappa shape index (κ3) is 4.64. The number of aryl methyl sites for hydroxylation is 1. The highest BCUT2D eigenvalue weighted by molar-refractivity contribution is 5.26. The SMILES string of the molecule is Cc1ccccc1CC(C)NCc1ccc(C(F)F)cc1. The van der Waals surface area contributed by atoms with E-state index in [1.165, 1.54) is 23.3 Å². The molecule has 0 aromatic heterocycles. The summed E-state index contributed by atoms with van der Waals surface area (Å²) in [5.41, 5.74) is 3.74. The lowest BCUT2D eigenvalue weighted by atomic mass is 10.0. The van der Waals surface area contributed by atoms with Gasteiger partial charge in [0.1, 0.15) is 0 Å².